The number of carbonyl (C=O) groups excluding carboxylic acids is 2. The van der Waals surface area contributed by atoms with Gasteiger partial charge >= 0.3 is 11.9 Å². The summed E-state index contributed by atoms with van der Waals surface area (Å²) in [5, 5.41) is 19.3. The number of hydrogen-bond acceptors (Lipinski definition) is 5. The van der Waals surface area contributed by atoms with Crippen molar-refractivity contribution in [2.75, 3.05) is 0 Å². The van der Waals surface area contributed by atoms with Gasteiger partial charge in [-0.15, -0.1) is 0 Å². The molecule has 1 unspecified atom stereocenters. The highest BCUT2D eigenvalue weighted by atomic mass is 16.5. The highest BCUT2D eigenvalue weighted by Crippen LogP contribution is 2.68. The fraction of sp³-hybridized carbons (Fsp3) is 0.880. The van der Waals surface area contributed by atoms with Gasteiger partial charge in [0, 0.05) is 11.8 Å². The van der Waals surface area contributed by atoms with Gasteiger partial charge in [0.15, 0.2) is 0 Å². The molecule has 0 aromatic heterocycles. The van der Waals surface area contributed by atoms with Crippen molar-refractivity contribution in [3.63, 3.8) is 0 Å². The molecule has 4 saturated carbocycles. The third-order valence-electron chi connectivity index (χ3n) is 9.86. The summed E-state index contributed by atoms with van der Waals surface area (Å²) >= 11 is 0. The van der Waals surface area contributed by atoms with Gasteiger partial charge in [0.25, 0.3) is 0 Å². The monoisotopic (exact) mass is 434 g/mol. The number of aliphatic hydroxyl groups excluding tert-OH is 1. The lowest BCUT2D eigenvalue weighted by atomic mass is 9.43. The van der Waals surface area contributed by atoms with Gasteiger partial charge in [-0.1, -0.05) is 13.8 Å². The molecule has 2 N–H and O–H groups in total. The zero-order valence-corrected chi connectivity index (χ0v) is 19.1. The fourth-order valence-electron chi connectivity index (χ4n) is 8.54. The Labute approximate surface area is 185 Å². The first-order valence-electron chi connectivity index (χ1n) is 12.2. The van der Waals surface area contributed by atoms with Crippen LogP contribution in [0.3, 0.4) is 0 Å². The minimum atomic E-state index is -0.996. The molecule has 4 rings (SSSR count). The molecule has 4 aliphatic carbocycles. The van der Waals surface area contributed by atoms with E-state index >= 15 is 0 Å². The zero-order valence-electron chi connectivity index (χ0n) is 19.1. The number of carboxylic acids is 1. The molecule has 174 valence electrons. The van der Waals surface area contributed by atoms with Gasteiger partial charge in [-0.25, -0.2) is 0 Å². The molecule has 6 heteroatoms. The summed E-state index contributed by atoms with van der Waals surface area (Å²) in [6.07, 6.45) is 6.49. The maximum atomic E-state index is 12.6. The molecule has 4 aliphatic rings. The van der Waals surface area contributed by atoms with E-state index in [1.807, 2.05) is 0 Å². The van der Waals surface area contributed by atoms with Crippen molar-refractivity contribution < 1.29 is 29.3 Å². The second kappa shape index (κ2) is 8.17. The summed E-state index contributed by atoms with van der Waals surface area (Å²) in [5.74, 6) is 0.332. The third-order valence-corrected chi connectivity index (χ3v) is 9.86. The lowest BCUT2D eigenvalue weighted by Crippen LogP contribution is -2.60. The van der Waals surface area contributed by atoms with Crippen molar-refractivity contribution in [2.45, 2.75) is 97.2 Å². The van der Waals surface area contributed by atoms with Crippen LogP contribution in [0.1, 0.15) is 85.0 Å². The summed E-state index contributed by atoms with van der Waals surface area (Å²) < 4.78 is 6.08. The maximum absolute atomic E-state index is 12.6. The van der Waals surface area contributed by atoms with Gasteiger partial charge in [0.05, 0.1) is 18.9 Å². The van der Waals surface area contributed by atoms with Gasteiger partial charge in [-0.3, -0.25) is 14.4 Å². The van der Waals surface area contributed by atoms with Crippen LogP contribution in [0.15, 0.2) is 0 Å². The number of aliphatic hydroxyl groups is 1. The number of carbonyl (C=O) groups is 3. The first kappa shape index (κ1) is 22.8. The van der Waals surface area contributed by atoms with Gasteiger partial charge in [0.2, 0.25) is 0 Å². The molecular weight excluding hydrogens is 396 g/mol. The van der Waals surface area contributed by atoms with E-state index in [0.717, 1.165) is 44.9 Å². The summed E-state index contributed by atoms with van der Waals surface area (Å²) in [5.41, 5.74) is -0.155. The fourth-order valence-corrected chi connectivity index (χ4v) is 8.54. The van der Waals surface area contributed by atoms with Crippen LogP contribution in [0.25, 0.3) is 0 Å². The van der Waals surface area contributed by atoms with Crippen molar-refractivity contribution in [2.24, 2.45) is 40.4 Å². The Morgan fingerprint density at radius 3 is 2.42 bits per heavy atom. The van der Waals surface area contributed by atoms with E-state index in [9.17, 15) is 19.5 Å². The maximum Gasteiger partial charge on any atom is 0.306 e. The number of Topliss-reactive ketones (excluding diaryl/α,β-unsaturated/α-hetero) is 1. The molecule has 31 heavy (non-hydrogen) atoms. The molecule has 4 fully saturated rings. The third kappa shape index (κ3) is 3.83. The molecule has 0 aliphatic heterocycles. The van der Waals surface area contributed by atoms with Crippen LogP contribution in [0.4, 0.5) is 0 Å². The van der Waals surface area contributed by atoms with Crippen molar-refractivity contribution in [3.05, 3.63) is 0 Å². The summed E-state index contributed by atoms with van der Waals surface area (Å²) in [7, 11) is 0. The SMILES string of the molecule is CC(=O)[C@H]1CC[C@H]2[C@@H]3CC[C@@H]4C[C@H](O)CC[C@]4(C)[C@H]3C(OC(=O)CCC(=O)O)C[C@]12C. The number of ketones is 1. The second-order valence-corrected chi connectivity index (χ2v) is 11.4. The number of rotatable bonds is 5. The number of esters is 1. The van der Waals surface area contributed by atoms with E-state index in [2.05, 4.69) is 13.8 Å². The van der Waals surface area contributed by atoms with Crippen molar-refractivity contribution in [1.29, 1.82) is 0 Å². The van der Waals surface area contributed by atoms with E-state index in [4.69, 9.17) is 9.84 Å². The predicted molar refractivity (Wildman–Crippen MR) is 114 cm³/mol. The topological polar surface area (TPSA) is 101 Å². The van der Waals surface area contributed by atoms with E-state index < -0.39 is 11.9 Å². The van der Waals surface area contributed by atoms with Gasteiger partial charge in [0.1, 0.15) is 11.9 Å². The molecule has 0 radical (unpaired) electrons. The smallest absolute Gasteiger partial charge is 0.306 e. The number of ether oxygens (including phenoxy) is 1. The highest BCUT2D eigenvalue weighted by molar-refractivity contribution is 5.79. The Morgan fingerprint density at radius 1 is 1.00 bits per heavy atom. The van der Waals surface area contributed by atoms with Crippen molar-refractivity contribution >= 4 is 17.7 Å². The standard InChI is InChI=1S/C25H38O6/c1-14(26)18-6-7-19-17-5-4-15-12-16(27)10-11-24(15,2)23(17)20(13-25(18,19)3)31-22(30)9-8-21(28)29/h15-20,23,27H,4-13H2,1-3H3,(H,28,29)/t15-,16-,17+,18-,19+,20?,23-,24+,25-/m1/s1. The average Bonchev–Trinajstić information content (AvgIpc) is 3.03. The highest BCUT2D eigenvalue weighted by Gasteiger charge is 2.64. The average molecular weight is 435 g/mol. The van der Waals surface area contributed by atoms with Gasteiger partial charge in [-0.2, -0.15) is 0 Å². The number of aliphatic carboxylic acids is 1. The lowest BCUT2D eigenvalue weighted by molar-refractivity contribution is -0.199. The van der Waals surface area contributed by atoms with E-state index in [-0.39, 0.29) is 53.5 Å². The van der Waals surface area contributed by atoms with Gasteiger partial charge in [-0.05, 0) is 86.9 Å². The second-order valence-electron chi connectivity index (χ2n) is 11.4. The van der Waals surface area contributed by atoms with Crippen LogP contribution >= 0.6 is 0 Å². The lowest BCUT2D eigenvalue weighted by Gasteiger charge is -2.62. The minimum Gasteiger partial charge on any atom is -0.481 e. The van der Waals surface area contributed by atoms with E-state index in [0.29, 0.717) is 24.2 Å². The van der Waals surface area contributed by atoms with Crippen molar-refractivity contribution in [3.8, 4) is 0 Å². The molecule has 0 aromatic rings. The Hall–Kier alpha value is -1.43. The van der Waals surface area contributed by atoms with Crippen LogP contribution in [0, 0.1) is 40.4 Å². The Balaban J connectivity index is 1.66. The van der Waals surface area contributed by atoms with Gasteiger partial charge < -0.3 is 14.9 Å². The van der Waals surface area contributed by atoms with Crippen LogP contribution in [-0.2, 0) is 19.1 Å². The zero-order chi connectivity index (χ0) is 22.6. The molecule has 0 heterocycles. The minimum absolute atomic E-state index is 0.00946. The first-order chi connectivity index (χ1) is 14.6. The molecule has 0 bridgehead atoms. The number of carboxylic acid groups (broad SMARTS) is 1. The summed E-state index contributed by atoms with van der Waals surface area (Å²) in [4.78, 5) is 36.1. The van der Waals surface area contributed by atoms with E-state index in [1.54, 1.807) is 6.92 Å². The Bertz CT molecular complexity index is 748. The molecule has 0 aromatic carbocycles. The molecule has 6 nitrogen and oxygen atoms in total. The number of hydrogen-bond donors (Lipinski definition) is 2. The molecule has 9 atom stereocenters. The summed E-state index contributed by atoms with van der Waals surface area (Å²) in [6, 6.07) is 0. The van der Waals surface area contributed by atoms with Crippen LogP contribution < -0.4 is 0 Å². The van der Waals surface area contributed by atoms with E-state index in [1.165, 1.54) is 0 Å². The molecule has 0 spiro atoms. The first-order valence-corrected chi connectivity index (χ1v) is 12.2. The quantitative estimate of drug-likeness (QED) is 0.635. The molecule has 0 saturated heterocycles. The normalized spacial score (nSPS) is 46.4. The van der Waals surface area contributed by atoms with Crippen LogP contribution in [-0.4, -0.2) is 40.1 Å². The van der Waals surface area contributed by atoms with Crippen LogP contribution in [0.2, 0.25) is 0 Å². The van der Waals surface area contributed by atoms with Crippen molar-refractivity contribution in [1.82, 2.24) is 0 Å². The molecule has 0 amide bonds. The summed E-state index contributed by atoms with van der Waals surface area (Å²) in [6.45, 7) is 6.25. The predicted octanol–water partition coefficient (Wildman–Crippen LogP) is 3.98. The number of fused-ring (bicyclic) bond motifs is 5. The molecular formula is C25H38O6. The Morgan fingerprint density at radius 2 is 1.74 bits per heavy atom. The van der Waals surface area contributed by atoms with Crippen LogP contribution in [0.5, 0.6) is 0 Å². The Kier molecular flexibility index (Phi) is 5.99. The largest absolute Gasteiger partial charge is 0.481 e.